The fraction of sp³-hybridized carbons (Fsp3) is 0.643. The van der Waals surface area contributed by atoms with E-state index < -0.39 is 0 Å². The van der Waals surface area contributed by atoms with Crippen molar-refractivity contribution < 1.29 is 0 Å². The van der Waals surface area contributed by atoms with Crippen LogP contribution in [0.2, 0.25) is 0 Å². The van der Waals surface area contributed by atoms with Gasteiger partial charge in [-0.15, -0.1) is 0 Å². The van der Waals surface area contributed by atoms with Gasteiger partial charge >= 0.3 is 0 Å². The van der Waals surface area contributed by atoms with E-state index in [4.69, 9.17) is 5.73 Å². The largest absolute Gasteiger partial charge is 0.326 e. The minimum atomic E-state index is 0.0707. The molecule has 0 aliphatic rings. The van der Waals surface area contributed by atoms with Gasteiger partial charge in [0.2, 0.25) is 0 Å². The van der Waals surface area contributed by atoms with E-state index in [1.807, 2.05) is 23.6 Å². The van der Waals surface area contributed by atoms with Gasteiger partial charge in [0.1, 0.15) is 0 Å². The number of aryl methyl sites for hydroxylation is 1. The summed E-state index contributed by atoms with van der Waals surface area (Å²) in [5.41, 5.74) is 7.66. The molecular weight excluding hydrogens is 212 g/mol. The van der Waals surface area contributed by atoms with Crippen molar-refractivity contribution in [1.82, 2.24) is 4.57 Å². The summed E-state index contributed by atoms with van der Waals surface area (Å²) in [7, 11) is 0. The molecule has 1 aromatic rings. The lowest BCUT2D eigenvalue weighted by Crippen LogP contribution is -2.27. The highest BCUT2D eigenvalue weighted by molar-refractivity contribution is 5.15. The second-order valence-electron chi connectivity index (χ2n) is 5.83. The summed E-state index contributed by atoms with van der Waals surface area (Å²) in [6.07, 6.45) is 2.14. The molecule has 17 heavy (non-hydrogen) atoms. The fourth-order valence-corrected chi connectivity index (χ4v) is 1.92. The zero-order valence-electron chi connectivity index (χ0n) is 11.4. The van der Waals surface area contributed by atoms with E-state index in [1.165, 1.54) is 0 Å². The second-order valence-corrected chi connectivity index (χ2v) is 5.83. The van der Waals surface area contributed by atoms with Crippen LogP contribution in [0.25, 0.3) is 0 Å². The molecule has 3 heteroatoms. The molecule has 0 aliphatic heterocycles. The van der Waals surface area contributed by atoms with Crippen molar-refractivity contribution in [2.24, 2.45) is 11.1 Å². The highest BCUT2D eigenvalue weighted by Crippen LogP contribution is 2.20. The van der Waals surface area contributed by atoms with Crippen LogP contribution in [0.3, 0.4) is 0 Å². The topological polar surface area (TPSA) is 48.0 Å². The Morgan fingerprint density at radius 1 is 1.29 bits per heavy atom. The molecule has 0 saturated carbocycles. The second kappa shape index (κ2) is 5.50. The Morgan fingerprint density at radius 3 is 2.47 bits per heavy atom. The molecule has 0 aliphatic carbocycles. The third-order valence-electron chi connectivity index (χ3n) is 3.00. The van der Waals surface area contributed by atoms with Crippen LogP contribution in [0, 0.1) is 12.3 Å². The standard InChI is InChI=1S/C14H24N2O/c1-11-6-7-12(10-15)13(17)16(11)9-5-8-14(2,3)4/h6-7H,5,8-10,15H2,1-4H3. The Bertz CT molecular complexity index is 427. The molecule has 1 heterocycles. The number of pyridine rings is 1. The Morgan fingerprint density at radius 2 is 1.94 bits per heavy atom. The van der Waals surface area contributed by atoms with E-state index in [-0.39, 0.29) is 5.56 Å². The van der Waals surface area contributed by atoms with Gasteiger partial charge in [-0.05, 0) is 31.2 Å². The Kier molecular flexibility index (Phi) is 4.52. The summed E-state index contributed by atoms with van der Waals surface area (Å²) in [6, 6.07) is 3.80. The van der Waals surface area contributed by atoms with Crippen LogP contribution in [-0.2, 0) is 13.1 Å². The first-order valence-electron chi connectivity index (χ1n) is 6.24. The number of hydrogen-bond donors (Lipinski definition) is 1. The molecule has 0 aromatic carbocycles. The van der Waals surface area contributed by atoms with Gasteiger partial charge in [-0.25, -0.2) is 0 Å². The summed E-state index contributed by atoms with van der Waals surface area (Å²) in [5, 5.41) is 0. The average molecular weight is 236 g/mol. The quantitative estimate of drug-likeness (QED) is 0.873. The summed E-state index contributed by atoms with van der Waals surface area (Å²) < 4.78 is 1.84. The Hall–Kier alpha value is -1.09. The van der Waals surface area contributed by atoms with Crippen molar-refractivity contribution in [1.29, 1.82) is 0 Å². The van der Waals surface area contributed by atoms with Crippen molar-refractivity contribution >= 4 is 0 Å². The molecule has 0 unspecified atom stereocenters. The molecule has 1 rings (SSSR count). The molecule has 0 saturated heterocycles. The van der Waals surface area contributed by atoms with Crippen LogP contribution in [-0.4, -0.2) is 4.57 Å². The lowest BCUT2D eigenvalue weighted by atomic mass is 9.90. The van der Waals surface area contributed by atoms with E-state index in [2.05, 4.69) is 20.8 Å². The van der Waals surface area contributed by atoms with Gasteiger partial charge < -0.3 is 10.3 Å². The molecule has 0 bridgehead atoms. The van der Waals surface area contributed by atoms with Crippen LogP contribution in [0.1, 0.15) is 44.9 Å². The molecular formula is C14H24N2O. The SMILES string of the molecule is Cc1ccc(CN)c(=O)n1CCCC(C)(C)C. The minimum absolute atomic E-state index is 0.0707. The molecule has 0 atom stereocenters. The average Bonchev–Trinajstić information content (AvgIpc) is 2.21. The minimum Gasteiger partial charge on any atom is -0.326 e. The fourth-order valence-electron chi connectivity index (χ4n) is 1.92. The smallest absolute Gasteiger partial charge is 0.255 e. The molecule has 0 radical (unpaired) electrons. The van der Waals surface area contributed by atoms with Crippen LogP contribution >= 0.6 is 0 Å². The van der Waals surface area contributed by atoms with Crippen LogP contribution in [0.15, 0.2) is 16.9 Å². The number of nitrogens with zero attached hydrogens (tertiary/aromatic N) is 1. The molecule has 0 fully saturated rings. The maximum atomic E-state index is 12.1. The monoisotopic (exact) mass is 236 g/mol. The zero-order chi connectivity index (χ0) is 13.1. The zero-order valence-corrected chi connectivity index (χ0v) is 11.4. The van der Waals surface area contributed by atoms with E-state index in [0.29, 0.717) is 17.5 Å². The van der Waals surface area contributed by atoms with Crippen molar-refractivity contribution in [2.75, 3.05) is 0 Å². The van der Waals surface area contributed by atoms with Crippen molar-refractivity contribution in [3.63, 3.8) is 0 Å². The molecule has 0 spiro atoms. The Balaban J connectivity index is 2.80. The van der Waals surface area contributed by atoms with Gasteiger partial charge in [-0.3, -0.25) is 4.79 Å². The molecule has 3 nitrogen and oxygen atoms in total. The van der Waals surface area contributed by atoms with E-state index in [9.17, 15) is 4.79 Å². The first-order chi connectivity index (χ1) is 7.85. The van der Waals surface area contributed by atoms with Crippen molar-refractivity contribution in [3.8, 4) is 0 Å². The Labute approximate surface area is 104 Å². The summed E-state index contributed by atoms with van der Waals surface area (Å²) in [4.78, 5) is 12.1. The van der Waals surface area contributed by atoms with Gasteiger partial charge in [-0.1, -0.05) is 26.8 Å². The molecule has 0 amide bonds. The lowest BCUT2D eigenvalue weighted by Gasteiger charge is -2.19. The van der Waals surface area contributed by atoms with Gasteiger partial charge in [0.05, 0.1) is 0 Å². The lowest BCUT2D eigenvalue weighted by molar-refractivity contribution is 0.351. The number of hydrogen-bond acceptors (Lipinski definition) is 2. The first-order valence-corrected chi connectivity index (χ1v) is 6.24. The highest BCUT2D eigenvalue weighted by Gasteiger charge is 2.11. The van der Waals surface area contributed by atoms with E-state index in [0.717, 1.165) is 25.1 Å². The predicted molar refractivity (Wildman–Crippen MR) is 72.0 cm³/mol. The van der Waals surface area contributed by atoms with Gasteiger partial charge in [-0.2, -0.15) is 0 Å². The van der Waals surface area contributed by atoms with Gasteiger partial charge in [0.15, 0.2) is 0 Å². The summed E-state index contributed by atoms with van der Waals surface area (Å²) in [6.45, 7) is 9.74. The molecule has 1 aromatic heterocycles. The van der Waals surface area contributed by atoms with E-state index in [1.54, 1.807) is 0 Å². The third kappa shape index (κ3) is 4.00. The number of aromatic nitrogens is 1. The highest BCUT2D eigenvalue weighted by atomic mass is 16.1. The van der Waals surface area contributed by atoms with Crippen molar-refractivity contribution in [2.45, 2.75) is 53.6 Å². The molecule has 96 valence electrons. The summed E-state index contributed by atoms with van der Waals surface area (Å²) >= 11 is 0. The number of rotatable bonds is 4. The van der Waals surface area contributed by atoms with Gasteiger partial charge in [0, 0.05) is 24.3 Å². The van der Waals surface area contributed by atoms with Crippen LogP contribution in [0.4, 0.5) is 0 Å². The van der Waals surface area contributed by atoms with Crippen LogP contribution < -0.4 is 11.3 Å². The number of nitrogens with two attached hydrogens (primary N) is 1. The van der Waals surface area contributed by atoms with Crippen LogP contribution in [0.5, 0.6) is 0 Å². The predicted octanol–water partition coefficient (Wildman–Crippen LogP) is 2.44. The maximum Gasteiger partial charge on any atom is 0.255 e. The molecule has 2 N–H and O–H groups in total. The maximum absolute atomic E-state index is 12.1. The summed E-state index contributed by atoms with van der Waals surface area (Å²) in [5.74, 6) is 0. The van der Waals surface area contributed by atoms with Crippen molar-refractivity contribution in [3.05, 3.63) is 33.7 Å². The first kappa shape index (κ1) is 14.0. The van der Waals surface area contributed by atoms with E-state index >= 15 is 0 Å². The third-order valence-corrected chi connectivity index (χ3v) is 3.00. The van der Waals surface area contributed by atoms with Gasteiger partial charge in [0.25, 0.3) is 5.56 Å². The normalized spacial score (nSPS) is 11.8.